The predicted molar refractivity (Wildman–Crippen MR) is 62.6 cm³/mol. The highest BCUT2D eigenvalue weighted by Gasteiger charge is 2.07. The number of rotatable bonds is 2. The van der Waals surface area contributed by atoms with Crippen molar-refractivity contribution in [1.29, 1.82) is 0 Å². The van der Waals surface area contributed by atoms with E-state index in [0.29, 0.717) is 17.1 Å². The summed E-state index contributed by atoms with van der Waals surface area (Å²) >= 11 is 7.18. The molecule has 2 aromatic rings. The van der Waals surface area contributed by atoms with Crippen molar-refractivity contribution < 1.29 is 4.39 Å². The van der Waals surface area contributed by atoms with Gasteiger partial charge in [0, 0.05) is 26.9 Å². The van der Waals surface area contributed by atoms with E-state index in [-0.39, 0.29) is 5.82 Å². The minimum atomic E-state index is -0.298. The molecule has 0 aliphatic heterocycles. The van der Waals surface area contributed by atoms with Crippen LogP contribution in [0.1, 0.15) is 4.88 Å². The first-order valence-corrected chi connectivity index (χ1v) is 5.64. The summed E-state index contributed by atoms with van der Waals surface area (Å²) in [6, 6.07) is 8.47. The number of nitrogens with two attached hydrogens (primary N) is 1. The van der Waals surface area contributed by atoms with Crippen LogP contribution in [0.15, 0.2) is 30.3 Å². The fraction of sp³-hybridized carbons (Fsp3) is 0.0909. The summed E-state index contributed by atoms with van der Waals surface area (Å²) in [7, 11) is 0. The van der Waals surface area contributed by atoms with Gasteiger partial charge in [-0.05, 0) is 30.3 Å². The Kier molecular flexibility index (Phi) is 3.05. The van der Waals surface area contributed by atoms with Gasteiger partial charge in [-0.3, -0.25) is 0 Å². The topological polar surface area (TPSA) is 26.0 Å². The number of halogens is 2. The summed E-state index contributed by atoms with van der Waals surface area (Å²) in [6.45, 7) is 0.486. The Bertz CT molecular complexity index is 481. The molecule has 0 aliphatic carbocycles. The van der Waals surface area contributed by atoms with Crippen molar-refractivity contribution >= 4 is 22.9 Å². The van der Waals surface area contributed by atoms with E-state index in [4.69, 9.17) is 17.3 Å². The summed E-state index contributed by atoms with van der Waals surface area (Å²) in [5.41, 5.74) is 6.07. The maximum atomic E-state index is 13.5. The number of hydrogen-bond donors (Lipinski definition) is 1. The molecule has 1 nitrogen and oxygen atoms in total. The Morgan fingerprint density at radius 1 is 1.27 bits per heavy atom. The summed E-state index contributed by atoms with van der Waals surface area (Å²) in [4.78, 5) is 1.92. The molecule has 0 spiro atoms. The van der Waals surface area contributed by atoms with Gasteiger partial charge in [0.05, 0.1) is 0 Å². The zero-order valence-corrected chi connectivity index (χ0v) is 9.41. The van der Waals surface area contributed by atoms with E-state index in [1.807, 2.05) is 12.1 Å². The summed E-state index contributed by atoms with van der Waals surface area (Å²) in [5, 5.41) is 0.409. The lowest BCUT2D eigenvalue weighted by atomic mass is 10.2. The molecule has 2 rings (SSSR count). The molecular formula is C11H9ClFNS. The van der Waals surface area contributed by atoms with Gasteiger partial charge < -0.3 is 5.73 Å². The summed E-state index contributed by atoms with van der Waals surface area (Å²) < 4.78 is 13.5. The molecule has 0 bridgehead atoms. The van der Waals surface area contributed by atoms with Crippen LogP contribution in [0.25, 0.3) is 10.4 Å². The van der Waals surface area contributed by atoms with Crippen molar-refractivity contribution in [1.82, 2.24) is 0 Å². The zero-order valence-electron chi connectivity index (χ0n) is 7.84. The molecule has 0 saturated heterocycles. The number of thiophene rings is 1. The number of benzene rings is 1. The zero-order chi connectivity index (χ0) is 10.8. The molecule has 0 saturated carbocycles. The van der Waals surface area contributed by atoms with Crippen molar-refractivity contribution in [2.75, 3.05) is 0 Å². The van der Waals surface area contributed by atoms with Crippen molar-refractivity contribution in [2.45, 2.75) is 6.54 Å². The van der Waals surface area contributed by atoms with E-state index < -0.39 is 0 Å². The maximum Gasteiger partial charge on any atom is 0.133 e. The Balaban J connectivity index is 2.44. The van der Waals surface area contributed by atoms with Gasteiger partial charge in [-0.15, -0.1) is 11.3 Å². The van der Waals surface area contributed by atoms with Crippen LogP contribution in [-0.4, -0.2) is 0 Å². The van der Waals surface area contributed by atoms with Crippen molar-refractivity contribution in [2.24, 2.45) is 5.73 Å². The molecule has 0 amide bonds. The van der Waals surface area contributed by atoms with Gasteiger partial charge in [-0.2, -0.15) is 0 Å². The molecule has 15 heavy (non-hydrogen) atoms. The van der Waals surface area contributed by atoms with Crippen LogP contribution < -0.4 is 5.73 Å². The first kappa shape index (κ1) is 10.6. The Morgan fingerprint density at radius 2 is 2.07 bits per heavy atom. The quantitative estimate of drug-likeness (QED) is 0.853. The van der Waals surface area contributed by atoms with E-state index in [1.54, 1.807) is 12.1 Å². The molecule has 4 heteroatoms. The molecule has 0 fully saturated rings. The second kappa shape index (κ2) is 4.31. The lowest BCUT2D eigenvalue weighted by molar-refractivity contribution is 0.632. The first-order valence-electron chi connectivity index (χ1n) is 4.45. The Hall–Kier alpha value is -0.900. The Labute approximate surface area is 96.3 Å². The van der Waals surface area contributed by atoms with Crippen molar-refractivity contribution in [3.05, 3.63) is 46.0 Å². The fourth-order valence-corrected chi connectivity index (χ4v) is 2.39. The van der Waals surface area contributed by atoms with Gasteiger partial charge in [-0.25, -0.2) is 4.39 Å². The van der Waals surface area contributed by atoms with Gasteiger partial charge in [0.25, 0.3) is 0 Å². The fourth-order valence-electron chi connectivity index (χ4n) is 1.32. The summed E-state index contributed by atoms with van der Waals surface area (Å²) in [6.07, 6.45) is 0. The van der Waals surface area contributed by atoms with E-state index in [9.17, 15) is 4.39 Å². The summed E-state index contributed by atoms with van der Waals surface area (Å²) in [5.74, 6) is -0.298. The second-order valence-corrected chi connectivity index (χ2v) is 4.70. The SMILES string of the molecule is NCc1ccc(-c2ccc(Cl)cc2F)s1. The van der Waals surface area contributed by atoms with Gasteiger partial charge >= 0.3 is 0 Å². The van der Waals surface area contributed by atoms with Crippen molar-refractivity contribution in [3.8, 4) is 10.4 Å². The van der Waals surface area contributed by atoms with Crippen LogP contribution in [0.3, 0.4) is 0 Å². The highest BCUT2D eigenvalue weighted by molar-refractivity contribution is 7.15. The van der Waals surface area contributed by atoms with E-state index >= 15 is 0 Å². The van der Waals surface area contributed by atoms with Crippen LogP contribution in [0, 0.1) is 5.82 Å². The third-order valence-electron chi connectivity index (χ3n) is 2.06. The van der Waals surface area contributed by atoms with Gasteiger partial charge in [0.15, 0.2) is 0 Å². The highest BCUT2D eigenvalue weighted by Crippen LogP contribution is 2.31. The molecule has 0 radical (unpaired) electrons. The largest absolute Gasteiger partial charge is 0.326 e. The smallest absolute Gasteiger partial charge is 0.133 e. The van der Waals surface area contributed by atoms with Crippen LogP contribution in [-0.2, 0) is 6.54 Å². The lowest BCUT2D eigenvalue weighted by Crippen LogP contribution is -1.91. The van der Waals surface area contributed by atoms with Crippen LogP contribution in [0.4, 0.5) is 4.39 Å². The second-order valence-electron chi connectivity index (χ2n) is 3.09. The van der Waals surface area contributed by atoms with Crippen LogP contribution >= 0.6 is 22.9 Å². The van der Waals surface area contributed by atoms with Crippen molar-refractivity contribution in [3.63, 3.8) is 0 Å². The molecule has 0 atom stereocenters. The minimum absolute atomic E-state index is 0.298. The van der Waals surface area contributed by atoms with Crippen LogP contribution in [0.2, 0.25) is 5.02 Å². The molecule has 0 aliphatic rings. The van der Waals surface area contributed by atoms with E-state index in [1.165, 1.54) is 17.4 Å². The van der Waals surface area contributed by atoms with Crippen LogP contribution in [0.5, 0.6) is 0 Å². The third kappa shape index (κ3) is 2.20. The van der Waals surface area contributed by atoms with E-state index in [0.717, 1.165) is 9.75 Å². The highest BCUT2D eigenvalue weighted by atomic mass is 35.5. The molecule has 2 N–H and O–H groups in total. The minimum Gasteiger partial charge on any atom is -0.326 e. The maximum absolute atomic E-state index is 13.5. The van der Waals surface area contributed by atoms with E-state index in [2.05, 4.69) is 0 Å². The predicted octanol–water partition coefficient (Wildman–Crippen LogP) is 3.67. The monoisotopic (exact) mass is 241 g/mol. The average Bonchev–Trinajstić information content (AvgIpc) is 2.66. The van der Waals surface area contributed by atoms with Gasteiger partial charge in [0.2, 0.25) is 0 Å². The standard InChI is InChI=1S/C11H9ClFNS/c12-7-1-3-9(10(13)5-7)11-4-2-8(6-14)15-11/h1-5H,6,14H2. The Morgan fingerprint density at radius 3 is 2.67 bits per heavy atom. The third-order valence-corrected chi connectivity index (χ3v) is 3.44. The molecular weight excluding hydrogens is 233 g/mol. The van der Waals surface area contributed by atoms with Gasteiger partial charge in [0.1, 0.15) is 5.82 Å². The molecule has 0 unspecified atom stereocenters. The molecule has 1 heterocycles. The number of hydrogen-bond acceptors (Lipinski definition) is 2. The average molecular weight is 242 g/mol. The molecule has 78 valence electrons. The molecule has 1 aromatic carbocycles. The molecule has 1 aromatic heterocycles. The first-order chi connectivity index (χ1) is 7.20. The lowest BCUT2D eigenvalue weighted by Gasteiger charge is -1.99. The normalized spacial score (nSPS) is 10.6. The van der Waals surface area contributed by atoms with Gasteiger partial charge in [-0.1, -0.05) is 11.6 Å².